The molecule has 0 bridgehead atoms. The molecule has 52 heavy (non-hydrogen) atoms. The molecule has 0 amide bonds. The maximum atomic E-state index is 14.4. The zero-order valence-electron chi connectivity index (χ0n) is 27.9. The van der Waals surface area contributed by atoms with E-state index in [9.17, 15) is 4.79 Å². The molecule has 0 aliphatic carbocycles. The first kappa shape index (κ1) is 28.7. The summed E-state index contributed by atoms with van der Waals surface area (Å²) in [5.41, 5.74) is 6.36. The Hall–Kier alpha value is -7.11. The second-order valence-corrected chi connectivity index (χ2v) is 13.3. The fourth-order valence-electron chi connectivity index (χ4n) is 8.26. The smallest absolute Gasteiger partial charge is 0.263 e. The average molecular weight is 665 g/mol. The standard InChI is InChI=1S/C47H28N4O/c52-46-38-21-9-8-20-34(38)42-41(50(46)31-16-2-1-3-17-31)28-27-37-36-26-25-30-14-5-7-19-33(30)44(36)51(45(37)42)47-48-40-24-11-10-22-39(40)43(49-47)35-23-12-15-29-13-4-6-18-32(29)35/h1-28H. The van der Waals surface area contributed by atoms with Gasteiger partial charge in [0.1, 0.15) is 0 Å². The van der Waals surface area contributed by atoms with Crippen LogP contribution < -0.4 is 5.56 Å². The molecule has 0 fully saturated rings. The number of aromatic nitrogens is 4. The number of benzene rings is 8. The fraction of sp³-hybridized carbons (Fsp3) is 0. The van der Waals surface area contributed by atoms with Gasteiger partial charge in [-0.1, -0.05) is 140 Å². The van der Waals surface area contributed by atoms with E-state index in [1.807, 2.05) is 59.2 Å². The maximum absolute atomic E-state index is 14.4. The highest BCUT2D eigenvalue weighted by Gasteiger charge is 2.24. The number of pyridine rings is 1. The van der Waals surface area contributed by atoms with Gasteiger partial charge >= 0.3 is 0 Å². The molecular weight excluding hydrogens is 637 g/mol. The number of hydrogen-bond acceptors (Lipinski definition) is 3. The molecule has 11 aromatic rings. The predicted octanol–water partition coefficient (Wildman–Crippen LogP) is 11.2. The van der Waals surface area contributed by atoms with Crippen molar-refractivity contribution >= 4 is 75.9 Å². The minimum Gasteiger partial charge on any atom is -0.277 e. The molecule has 242 valence electrons. The Kier molecular flexibility index (Phi) is 6.04. The van der Waals surface area contributed by atoms with E-state index in [0.29, 0.717) is 11.3 Å². The van der Waals surface area contributed by atoms with Crippen molar-refractivity contribution in [2.45, 2.75) is 0 Å². The zero-order chi connectivity index (χ0) is 34.3. The van der Waals surface area contributed by atoms with Gasteiger partial charge in [0.05, 0.1) is 27.8 Å². The first-order chi connectivity index (χ1) is 25.7. The molecule has 8 aromatic carbocycles. The molecule has 0 saturated heterocycles. The van der Waals surface area contributed by atoms with Crippen molar-refractivity contribution in [3.63, 3.8) is 0 Å². The summed E-state index contributed by atoms with van der Waals surface area (Å²) >= 11 is 0. The Morgan fingerprint density at radius 1 is 0.404 bits per heavy atom. The summed E-state index contributed by atoms with van der Waals surface area (Å²) in [4.78, 5) is 25.3. The Morgan fingerprint density at radius 2 is 1.02 bits per heavy atom. The lowest BCUT2D eigenvalue weighted by Crippen LogP contribution is -2.19. The van der Waals surface area contributed by atoms with Crippen LogP contribution in [-0.2, 0) is 0 Å². The van der Waals surface area contributed by atoms with Crippen molar-refractivity contribution in [2.75, 3.05) is 0 Å². The molecule has 0 atom stereocenters. The van der Waals surface area contributed by atoms with Crippen LogP contribution in [0.4, 0.5) is 0 Å². The maximum Gasteiger partial charge on any atom is 0.263 e. The predicted molar refractivity (Wildman–Crippen MR) is 215 cm³/mol. The highest BCUT2D eigenvalue weighted by Crippen LogP contribution is 2.42. The molecule has 0 aliphatic rings. The Labute approximate surface area is 297 Å². The first-order valence-electron chi connectivity index (χ1n) is 17.5. The monoisotopic (exact) mass is 664 g/mol. The topological polar surface area (TPSA) is 52.7 Å². The molecule has 0 aliphatic heterocycles. The van der Waals surface area contributed by atoms with Crippen molar-refractivity contribution in [2.24, 2.45) is 0 Å². The Balaban J connectivity index is 1.39. The molecule has 3 heterocycles. The van der Waals surface area contributed by atoms with Crippen molar-refractivity contribution in [3.8, 4) is 22.9 Å². The number of para-hydroxylation sites is 2. The van der Waals surface area contributed by atoms with Crippen molar-refractivity contribution in [3.05, 3.63) is 180 Å². The summed E-state index contributed by atoms with van der Waals surface area (Å²) in [6.07, 6.45) is 0. The van der Waals surface area contributed by atoms with Gasteiger partial charge in [0.2, 0.25) is 5.95 Å². The lowest BCUT2D eigenvalue weighted by atomic mass is 9.99. The Bertz CT molecular complexity index is 3320. The van der Waals surface area contributed by atoms with Crippen LogP contribution >= 0.6 is 0 Å². The van der Waals surface area contributed by atoms with Crippen LogP contribution in [0.5, 0.6) is 0 Å². The van der Waals surface area contributed by atoms with E-state index < -0.39 is 0 Å². The highest BCUT2D eigenvalue weighted by molar-refractivity contribution is 6.27. The third-order valence-electron chi connectivity index (χ3n) is 10.5. The van der Waals surface area contributed by atoms with Gasteiger partial charge in [0.25, 0.3) is 5.56 Å². The number of rotatable bonds is 3. The quantitative estimate of drug-likeness (QED) is 0.177. The summed E-state index contributed by atoms with van der Waals surface area (Å²) in [6, 6.07) is 58.2. The van der Waals surface area contributed by atoms with Gasteiger partial charge in [-0.15, -0.1) is 0 Å². The normalized spacial score (nSPS) is 11.9. The molecule has 0 spiro atoms. The summed E-state index contributed by atoms with van der Waals surface area (Å²) < 4.78 is 4.10. The van der Waals surface area contributed by atoms with Crippen LogP contribution in [0.3, 0.4) is 0 Å². The van der Waals surface area contributed by atoms with Gasteiger partial charge in [0, 0.05) is 43.6 Å². The molecule has 0 N–H and O–H groups in total. The van der Waals surface area contributed by atoms with Gasteiger partial charge in [-0.25, -0.2) is 9.97 Å². The minimum absolute atomic E-state index is 0.0537. The molecular formula is C47H28N4O. The summed E-state index contributed by atoms with van der Waals surface area (Å²) in [7, 11) is 0. The van der Waals surface area contributed by atoms with Gasteiger partial charge in [-0.3, -0.25) is 13.9 Å². The van der Waals surface area contributed by atoms with Gasteiger partial charge in [0.15, 0.2) is 0 Å². The molecule has 5 nitrogen and oxygen atoms in total. The molecule has 0 unspecified atom stereocenters. The third kappa shape index (κ3) is 4.02. The lowest BCUT2D eigenvalue weighted by Gasteiger charge is -2.17. The van der Waals surface area contributed by atoms with E-state index in [2.05, 4.69) is 120 Å². The van der Waals surface area contributed by atoms with Crippen LogP contribution in [0.25, 0.3) is 98.8 Å². The van der Waals surface area contributed by atoms with E-state index in [4.69, 9.17) is 9.97 Å². The average Bonchev–Trinajstić information content (AvgIpc) is 3.56. The largest absolute Gasteiger partial charge is 0.277 e. The van der Waals surface area contributed by atoms with Gasteiger partial charge < -0.3 is 0 Å². The third-order valence-corrected chi connectivity index (χ3v) is 10.5. The highest BCUT2D eigenvalue weighted by atomic mass is 16.1. The van der Waals surface area contributed by atoms with E-state index in [0.717, 1.165) is 87.5 Å². The molecule has 5 heteroatoms. The first-order valence-corrected chi connectivity index (χ1v) is 17.5. The number of fused-ring (bicyclic) bond motifs is 11. The van der Waals surface area contributed by atoms with Crippen LogP contribution in [0.15, 0.2) is 175 Å². The lowest BCUT2D eigenvalue weighted by molar-refractivity contribution is 1.02. The van der Waals surface area contributed by atoms with Crippen molar-refractivity contribution in [1.29, 1.82) is 0 Å². The van der Waals surface area contributed by atoms with E-state index in [1.165, 1.54) is 0 Å². The second kappa shape index (κ2) is 10.9. The molecule has 0 radical (unpaired) electrons. The fourth-order valence-corrected chi connectivity index (χ4v) is 8.26. The second-order valence-electron chi connectivity index (χ2n) is 13.3. The molecule has 11 rings (SSSR count). The van der Waals surface area contributed by atoms with Crippen LogP contribution in [-0.4, -0.2) is 19.1 Å². The summed E-state index contributed by atoms with van der Waals surface area (Å²) in [5.74, 6) is 0.576. The zero-order valence-corrected chi connectivity index (χ0v) is 27.9. The van der Waals surface area contributed by atoms with Gasteiger partial charge in [-0.2, -0.15) is 0 Å². The minimum atomic E-state index is -0.0537. The summed E-state index contributed by atoms with van der Waals surface area (Å²) in [5, 5.41) is 10.2. The number of hydrogen-bond donors (Lipinski definition) is 0. The molecule has 0 saturated carbocycles. The van der Waals surface area contributed by atoms with Gasteiger partial charge in [-0.05, 0) is 51.9 Å². The van der Waals surface area contributed by atoms with Crippen molar-refractivity contribution < 1.29 is 0 Å². The molecule has 3 aromatic heterocycles. The van der Waals surface area contributed by atoms with Crippen molar-refractivity contribution in [1.82, 2.24) is 19.1 Å². The van der Waals surface area contributed by atoms with E-state index in [-0.39, 0.29) is 5.56 Å². The SMILES string of the molecule is O=c1c2ccccc2c2c(ccc3c4ccc5ccccc5c4n(-c4nc(-c5cccc6ccccc56)c5ccccc5n4)c32)n1-c1ccccc1. The van der Waals surface area contributed by atoms with Crippen LogP contribution in [0, 0.1) is 0 Å². The summed E-state index contributed by atoms with van der Waals surface area (Å²) in [6.45, 7) is 0. The van der Waals surface area contributed by atoms with Crippen LogP contribution in [0.2, 0.25) is 0 Å². The van der Waals surface area contributed by atoms with E-state index in [1.54, 1.807) is 0 Å². The number of nitrogens with zero attached hydrogens (tertiary/aromatic N) is 4. The Morgan fingerprint density at radius 3 is 1.85 bits per heavy atom. The van der Waals surface area contributed by atoms with Crippen LogP contribution in [0.1, 0.15) is 0 Å². The van der Waals surface area contributed by atoms with E-state index >= 15 is 0 Å².